The van der Waals surface area contributed by atoms with E-state index in [4.69, 9.17) is 15.9 Å². The van der Waals surface area contributed by atoms with Crippen LogP contribution in [0.3, 0.4) is 0 Å². The number of aliphatic hydroxyl groups is 1. The number of aliphatic hydroxyl groups excluding tert-OH is 1. The van der Waals surface area contributed by atoms with E-state index in [1.165, 1.54) is 0 Å². The molecule has 5 heteroatoms. The molecule has 0 radical (unpaired) electrons. The van der Waals surface area contributed by atoms with E-state index < -0.39 is 17.6 Å². The van der Waals surface area contributed by atoms with Gasteiger partial charge in [-0.3, -0.25) is 9.69 Å². The lowest BCUT2D eigenvalue weighted by Crippen LogP contribution is -2.50. The zero-order chi connectivity index (χ0) is 10.1. The van der Waals surface area contributed by atoms with Gasteiger partial charge in [-0.15, -0.1) is 0 Å². The Bertz CT molecular complexity index is 208. The third-order valence-corrected chi connectivity index (χ3v) is 2.33. The summed E-state index contributed by atoms with van der Waals surface area (Å²) in [6.45, 7) is 3.14. The third kappa shape index (κ3) is 2.40. The number of hydrogen-bond donors (Lipinski definition) is 3. The molecule has 76 valence electrons. The Balaban J connectivity index is 2.48. The van der Waals surface area contributed by atoms with Gasteiger partial charge in [0.1, 0.15) is 5.54 Å². The van der Waals surface area contributed by atoms with E-state index in [0.717, 1.165) is 0 Å². The van der Waals surface area contributed by atoms with Crippen molar-refractivity contribution in [2.75, 3.05) is 19.6 Å². The SMILES string of the molecule is C[C@@H](O)CN1CCC(N)(C(=O)O)C1. The zero-order valence-corrected chi connectivity index (χ0v) is 7.73. The molecule has 1 saturated heterocycles. The standard InChI is InChI=1S/C8H16N2O3/c1-6(11)4-10-3-2-8(9,5-10)7(12)13/h6,11H,2-5,9H2,1H3,(H,12,13)/t6-,8?/m1/s1. The van der Waals surface area contributed by atoms with Crippen molar-refractivity contribution in [3.05, 3.63) is 0 Å². The summed E-state index contributed by atoms with van der Waals surface area (Å²) >= 11 is 0. The second kappa shape index (κ2) is 3.61. The average Bonchev–Trinajstić information content (AvgIpc) is 2.32. The van der Waals surface area contributed by atoms with Crippen molar-refractivity contribution in [3.8, 4) is 0 Å². The molecule has 13 heavy (non-hydrogen) atoms. The lowest BCUT2D eigenvalue weighted by molar-refractivity contribution is -0.142. The van der Waals surface area contributed by atoms with E-state index in [-0.39, 0.29) is 0 Å². The van der Waals surface area contributed by atoms with Crippen molar-refractivity contribution in [2.24, 2.45) is 5.73 Å². The van der Waals surface area contributed by atoms with Gasteiger partial charge < -0.3 is 15.9 Å². The van der Waals surface area contributed by atoms with Crippen LogP contribution in [0.4, 0.5) is 0 Å². The molecule has 1 rings (SSSR count). The molecule has 0 aromatic carbocycles. The second-order valence-corrected chi connectivity index (χ2v) is 3.80. The maximum Gasteiger partial charge on any atom is 0.325 e. The highest BCUT2D eigenvalue weighted by atomic mass is 16.4. The van der Waals surface area contributed by atoms with E-state index >= 15 is 0 Å². The number of carbonyl (C=O) groups is 1. The fourth-order valence-corrected chi connectivity index (χ4v) is 1.62. The van der Waals surface area contributed by atoms with Crippen molar-refractivity contribution in [2.45, 2.75) is 25.0 Å². The number of nitrogens with zero attached hydrogens (tertiary/aromatic N) is 1. The molecular weight excluding hydrogens is 172 g/mol. The zero-order valence-electron chi connectivity index (χ0n) is 7.73. The molecule has 0 bridgehead atoms. The molecule has 0 aliphatic carbocycles. The molecule has 5 nitrogen and oxygen atoms in total. The van der Waals surface area contributed by atoms with Gasteiger partial charge in [0.2, 0.25) is 0 Å². The number of carboxylic acid groups (broad SMARTS) is 1. The smallest absolute Gasteiger partial charge is 0.325 e. The van der Waals surface area contributed by atoms with Crippen LogP contribution in [-0.4, -0.2) is 52.4 Å². The first-order valence-electron chi connectivity index (χ1n) is 4.37. The van der Waals surface area contributed by atoms with Gasteiger partial charge in [-0.2, -0.15) is 0 Å². The van der Waals surface area contributed by atoms with Gasteiger partial charge in [-0.25, -0.2) is 0 Å². The van der Waals surface area contributed by atoms with Gasteiger partial charge in [0.15, 0.2) is 0 Å². The van der Waals surface area contributed by atoms with Crippen LogP contribution in [0.25, 0.3) is 0 Å². The van der Waals surface area contributed by atoms with Crippen molar-refractivity contribution >= 4 is 5.97 Å². The number of β-amino-alcohol motifs (C(OH)–C–C–N with tert-alkyl or cyclic N) is 1. The minimum Gasteiger partial charge on any atom is -0.480 e. The molecule has 1 aliphatic heterocycles. The van der Waals surface area contributed by atoms with Crippen LogP contribution in [0.5, 0.6) is 0 Å². The maximum absolute atomic E-state index is 10.7. The van der Waals surface area contributed by atoms with Gasteiger partial charge in [0, 0.05) is 19.6 Å². The summed E-state index contributed by atoms with van der Waals surface area (Å²) in [5, 5.41) is 17.9. The maximum atomic E-state index is 10.7. The largest absolute Gasteiger partial charge is 0.480 e. The predicted octanol–water partition coefficient (Wildman–Crippen LogP) is -1.14. The molecule has 4 N–H and O–H groups in total. The van der Waals surface area contributed by atoms with Crippen LogP contribution in [0, 0.1) is 0 Å². The highest BCUT2D eigenvalue weighted by molar-refractivity contribution is 5.79. The highest BCUT2D eigenvalue weighted by Gasteiger charge is 2.41. The number of hydrogen-bond acceptors (Lipinski definition) is 4. The third-order valence-electron chi connectivity index (χ3n) is 2.33. The molecule has 0 saturated carbocycles. The summed E-state index contributed by atoms with van der Waals surface area (Å²) in [5.74, 6) is -0.958. The Morgan fingerprint density at radius 1 is 1.77 bits per heavy atom. The lowest BCUT2D eigenvalue weighted by Gasteiger charge is -2.20. The summed E-state index contributed by atoms with van der Waals surface area (Å²) in [4.78, 5) is 12.6. The number of nitrogens with two attached hydrogens (primary N) is 1. The van der Waals surface area contributed by atoms with Crippen molar-refractivity contribution in [3.63, 3.8) is 0 Å². The number of likely N-dealkylation sites (tertiary alicyclic amines) is 1. The summed E-state index contributed by atoms with van der Waals surface area (Å²) in [5.41, 5.74) is 4.53. The number of carboxylic acids is 1. The van der Waals surface area contributed by atoms with Crippen LogP contribution in [-0.2, 0) is 4.79 Å². The normalized spacial score (nSPS) is 31.9. The Hall–Kier alpha value is -0.650. The Morgan fingerprint density at radius 2 is 2.38 bits per heavy atom. The summed E-state index contributed by atoms with van der Waals surface area (Å²) in [6, 6.07) is 0. The van der Waals surface area contributed by atoms with Gasteiger partial charge in [-0.1, -0.05) is 0 Å². The fraction of sp³-hybridized carbons (Fsp3) is 0.875. The molecule has 1 aliphatic rings. The van der Waals surface area contributed by atoms with Crippen LogP contribution in [0.15, 0.2) is 0 Å². The van der Waals surface area contributed by atoms with Crippen molar-refractivity contribution in [1.29, 1.82) is 0 Å². The predicted molar refractivity (Wildman–Crippen MR) is 47.3 cm³/mol. The lowest BCUT2D eigenvalue weighted by atomic mass is 10.0. The van der Waals surface area contributed by atoms with Crippen LogP contribution >= 0.6 is 0 Å². The Morgan fingerprint density at radius 3 is 2.77 bits per heavy atom. The van der Waals surface area contributed by atoms with E-state index in [0.29, 0.717) is 26.1 Å². The van der Waals surface area contributed by atoms with Crippen LogP contribution < -0.4 is 5.73 Å². The monoisotopic (exact) mass is 188 g/mol. The minimum absolute atomic E-state index is 0.327. The number of aliphatic carboxylic acids is 1. The minimum atomic E-state index is -1.12. The Labute approximate surface area is 77.1 Å². The summed E-state index contributed by atoms with van der Waals surface area (Å²) in [6.07, 6.45) is 0.0193. The highest BCUT2D eigenvalue weighted by Crippen LogP contribution is 2.18. The van der Waals surface area contributed by atoms with E-state index in [2.05, 4.69) is 0 Å². The van der Waals surface area contributed by atoms with E-state index in [9.17, 15) is 4.79 Å². The van der Waals surface area contributed by atoms with Crippen LogP contribution in [0.2, 0.25) is 0 Å². The Kier molecular flexibility index (Phi) is 2.90. The summed E-state index contributed by atoms with van der Waals surface area (Å²) < 4.78 is 0. The first kappa shape index (κ1) is 10.4. The van der Waals surface area contributed by atoms with Crippen molar-refractivity contribution in [1.82, 2.24) is 4.90 Å². The van der Waals surface area contributed by atoms with Crippen LogP contribution in [0.1, 0.15) is 13.3 Å². The van der Waals surface area contributed by atoms with E-state index in [1.807, 2.05) is 4.90 Å². The molecule has 1 unspecified atom stereocenters. The molecule has 0 spiro atoms. The van der Waals surface area contributed by atoms with Gasteiger partial charge in [-0.05, 0) is 13.3 Å². The first-order valence-corrected chi connectivity index (χ1v) is 4.37. The molecule has 1 fully saturated rings. The average molecular weight is 188 g/mol. The molecule has 0 amide bonds. The molecule has 0 aromatic heterocycles. The van der Waals surface area contributed by atoms with E-state index in [1.54, 1.807) is 6.92 Å². The molecular formula is C8H16N2O3. The molecule has 0 aromatic rings. The molecule has 2 atom stereocenters. The fourth-order valence-electron chi connectivity index (χ4n) is 1.62. The molecule has 1 heterocycles. The second-order valence-electron chi connectivity index (χ2n) is 3.80. The topological polar surface area (TPSA) is 86.8 Å². The first-order chi connectivity index (χ1) is 5.94. The van der Waals surface area contributed by atoms with Gasteiger partial charge >= 0.3 is 5.97 Å². The quantitative estimate of drug-likeness (QED) is 0.521. The number of rotatable bonds is 3. The van der Waals surface area contributed by atoms with Gasteiger partial charge in [0.05, 0.1) is 6.10 Å². The van der Waals surface area contributed by atoms with Crippen molar-refractivity contribution < 1.29 is 15.0 Å². The summed E-state index contributed by atoms with van der Waals surface area (Å²) in [7, 11) is 0. The van der Waals surface area contributed by atoms with Gasteiger partial charge in [0.25, 0.3) is 0 Å².